The van der Waals surface area contributed by atoms with Crippen molar-refractivity contribution >= 4 is 0 Å². The molecule has 110 valence electrons. The summed E-state index contributed by atoms with van der Waals surface area (Å²) in [6.07, 6.45) is 7.56. The van der Waals surface area contributed by atoms with Gasteiger partial charge in [0.25, 0.3) is 0 Å². The van der Waals surface area contributed by atoms with Gasteiger partial charge in [0.2, 0.25) is 0 Å². The molecule has 3 nitrogen and oxygen atoms in total. The van der Waals surface area contributed by atoms with Gasteiger partial charge in [0.15, 0.2) is 0 Å². The van der Waals surface area contributed by atoms with Crippen LogP contribution in [-0.2, 0) is 6.54 Å². The molecule has 5 heteroatoms. The van der Waals surface area contributed by atoms with Gasteiger partial charge in [0.05, 0.1) is 6.54 Å². The van der Waals surface area contributed by atoms with Gasteiger partial charge >= 0.3 is 6.55 Å². The van der Waals surface area contributed by atoms with Crippen LogP contribution in [0.3, 0.4) is 0 Å². The molecule has 0 saturated heterocycles. The quantitative estimate of drug-likeness (QED) is 0.690. The second-order valence-corrected chi connectivity index (χ2v) is 5.75. The Bertz CT molecular complexity index is 361. The van der Waals surface area contributed by atoms with Crippen LogP contribution in [0.4, 0.5) is 8.78 Å². The number of rotatable bonds is 9. The maximum absolute atomic E-state index is 12.6. The van der Waals surface area contributed by atoms with Gasteiger partial charge in [0.1, 0.15) is 5.82 Å². The lowest BCUT2D eigenvalue weighted by Gasteiger charge is -2.25. The summed E-state index contributed by atoms with van der Waals surface area (Å²) in [5, 5.41) is 3.23. The van der Waals surface area contributed by atoms with E-state index in [4.69, 9.17) is 0 Å². The molecule has 19 heavy (non-hydrogen) atoms. The molecule has 1 N–H and O–H groups in total. The first-order valence-corrected chi connectivity index (χ1v) is 6.97. The number of hydrogen-bond acceptors (Lipinski definition) is 2. The highest BCUT2D eigenvalue weighted by atomic mass is 19.3. The molecule has 0 aromatic carbocycles. The zero-order valence-electron chi connectivity index (χ0n) is 12.1. The number of alkyl halides is 2. The molecular formula is C14H25F2N3. The van der Waals surface area contributed by atoms with Gasteiger partial charge in [-0.2, -0.15) is 8.78 Å². The van der Waals surface area contributed by atoms with E-state index in [9.17, 15) is 8.78 Å². The molecule has 0 spiro atoms. The first-order valence-electron chi connectivity index (χ1n) is 6.97. The van der Waals surface area contributed by atoms with Crippen LogP contribution in [0.1, 0.15) is 58.8 Å². The van der Waals surface area contributed by atoms with Crippen LogP contribution in [0.25, 0.3) is 0 Å². The number of nitrogens with one attached hydrogen (secondary N) is 1. The minimum absolute atomic E-state index is 0.192. The van der Waals surface area contributed by atoms with E-state index >= 15 is 0 Å². The smallest absolute Gasteiger partial charge is 0.309 e. The van der Waals surface area contributed by atoms with Gasteiger partial charge in [-0.3, -0.25) is 4.57 Å². The fourth-order valence-corrected chi connectivity index (χ4v) is 2.11. The van der Waals surface area contributed by atoms with Gasteiger partial charge in [-0.25, -0.2) is 4.98 Å². The van der Waals surface area contributed by atoms with Crippen LogP contribution in [0.5, 0.6) is 0 Å². The molecule has 0 radical (unpaired) electrons. The van der Waals surface area contributed by atoms with Crippen molar-refractivity contribution in [1.82, 2.24) is 14.9 Å². The van der Waals surface area contributed by atoms with Gasteiger partial charge in [0, 0.05) is 18.9 Å². The van der Waals surface area contributed by atoms with E-state index in [1.807, 2.05) is 0 Å². The molecule has 0 unspecified atom stereocenters. The lowest BCUT2D eigenvalue weighted by molar-refractivity contribution is 0.0665. The second kappa shape index (κ2) is 7.58. The highest BCUT2D eigenvalue weighted by Crippen LogP contribution is 2.22. The molecule has 0 aliphatic rings. The highest BCUT2D eigenvalue weighted by Gasteiger charge is 2.17. The fourth-order valence-electron chi connectivity index (χ4n) is 2.11. The van der Waals surface area contributed by atoms with Gasteiger partial charge in [-0.15, -0.1) is 0 Å². The Labute approximate surface area is 114 Å². The summed E-state index contributed by atoms with van der Waals surface area (Å²) in [4.78, 5) is 3.95. The molecule has 1 heterocycles. The molecule has 1 aromatic heterocycles. The third-order valence-corrected chi connectivity index (χ3v) is 3.30. The van der Waals surface area contributed by atoms with Crippen LogP contribution in [-0.4, -0.2) is 16.1 Å². The van der Waals surface area contributed by atoms with E-state index in [2.05, 4.69) is 31.1 Å². The molecule has 1 rings (SSSR count). The Hall–Kier alpha value is -0.970. The number of unbranched alkanes of at least 4 members (excludes halogenated alkanes) is 2. The zero-order chi connectivity index (χ0) is 14.3. The molecule has 0 aliphatic carbocycles. The molecule has 0 bridgehead atoms. The Morgan fingerprint density at radius 2 is 2.11 bits per heavy atom. The number of imidazole rings is 1. The van der Waals surface area contributed by atoms with E-state index in [1.54, 1.807) is 0 Å². The molecule has 0 amide bonds. The minimum atomic E-state index is -2.52. The fraction of sp³-hybridized carbons (Fsp3) is 0.786. The Morgan fingerprint density at radius 3 is 2.74 bits per heavy atom. The summed E-state index contributed by atoms with van der Waals surface area (Å²) < 4.78 is 26.1. The van der Waals surface area contributed by atoms with Crippen molar-refractivity contribution in [2.75, 3.05) is 6.54 Å². The van der Waals surface area contributed by atoms with Crippen molar-refractivity contribution in [3.63, 3.8) is 0 Å². The third kappa shape index (κ3) is 5.68. The van der Waals surface area contributed by atoms with E-state index < -0.39 is 6.55 Å². The predicted octanol–water partition coefficient (Wildman–Crippen LogP) is 3.97. The second-order valence-electron chi connectivity index (χ2n) is 5.75. The molecule has 1 aromatic rings. The maximum Gasteiger partial charge on any atom is 0.319 e. The average Bonchev–Trinajstić information content (AvgIpc) is 2.77. The highest BCUT2D eigenvalue weighted by molar-refractivity contribution is 4.92. The van der Waals surface area contributed by atoms with Crippen molar-refractivity contribution in [2.45, 2.75) is 59.5 Å². The Balaban J connectivity index is 2.34. The monoisotopic (exact) mass is 273 g/mol. The molecule has 0 saturated carbocycles. The van der Waals surface area contributed by atoms with E-state index in [0.717, 1.165) is 17.5 Å². The topological polar surface area (TPSA) is 29.9 Å². The first kappa shape index (κ1) is 16.1. The van der Waals surface area contributed by atoms with E-state index in [0.29, 0.717) is 12.4 Å². The van der Waals surface area contributed by atoms with Crippen molar-refractivity contribution in [3.8, 4) is 0 Å². The van der Waals surface area contributed by atoms with Crippen molar-refractivity contribution in [2.24, 2.45) is 5.41 Å². The summed E-state index contributed by atoms with van der Waals surface area (Å²) in [7, 11) is 0. The molecule has 0 fully saturated rings. The summed E-state index contributed by atoms with van der Waals surface area (Å²) in [5.74, 6) is 0.388. The minimum Gasteiger partial charge on any atom is -0.309 e. The maximum atomic E-state index is 12.6. The van der Waals surface area contributed by atoms with Gasteiger partial charge in [-0.1, -0.05) is 40.0 Å². The summed E-state index contributed by atoms with van der Waals surface area (Å²) >= 11 is 0. The number of hydrogen-bond donors (Lipinski definition) is 1. The van der Waals surface area contributed by atoms with Gasteiger partial charge < -0.3 is 5.32 Å². The van der Waals surface area contributed by atoms with Crippen molar-refractivity contribution in [1.29, 1.82) is 0 Å². The summed E-state index contributed by atoms with van der Waals surface area (Å²) in [6.45, 7) is 5.28. The standard InChI is InChI=1S/C14H25F2N3/c1-4-5-6-7-14(2,3)11-17-10-12-18-8-9-19(12)13(15)16/h8-9,13,17H,4-7,10-11H2,1-3H3. The SMILES string of the molecule is CCCCCC(C)(C)CNCc1nccn1C(F)F. The zero-order valence-corrected chi connectivity index (χ0v) is 12.1. The number of halogens is 2. The Morgan fingerprint density at radius 1 is 1.37 bits per heavy atom. The van der Waals surface area contributed by atoms with Crippen molar-refractivity contribution in [3.05, 3.63) is 18.2 Å². The largest absolute Gasteiger partial charge is 0.319 e. The van der Waals surface area contributed by atoms with Crippen LogP contribution >= 0.6 is 0 Å². The van der Waals surface area contributed by atoms with Crippen LogP contribution < -0.4 is 5.32 Å². The van der Waals surface area contributed by atoms with Crippen LogP contribution in [0.15, 0.2) is 12.4 Å². The molecule has 0 atom stereocenters. The summed E-state index contributed by atoms with van der Waals surface area (Å²) in [6, 6.07) is 0. The van der Waals surface area contributed by atoms with Crippen LogP contribution in [0, 0.1) is 5.41 Å². The average molecular weight is 273 g/mol. The van der Waals surface area contributed by atoms with Crippen LogP contribution in [0.2, 0.25) is 0 Å². The Kier molecular flexibility index (Phi) is 6.42. The lowest BCUT2D eigenvalue weighted by atomic mass is 9.87. The summed E-state index contributed by atoms with van der Waals surface area (Å²) in [5.41, 5.74) is 0.192. The van der Waals surface area contributed by atoms with E-state index in [-0.39, 0.29) is 5.41 Å². The van der Waals surface area contributed by atoms with E-state index in [1.165, 1.54) is 31.7 Å². The normalized spacial score (nSPS) is 12.3. The predicted molar refractivity (Wildman–Crippen MR) is 73.1 cm³/mol. The lowest BCUT2D eigenvalue weighted by Crippen LogP contribution is -2.30. The number of aromatic nitrogens is 2. The van der Waals surface area contributed by atoms with Gasteiger partial charge in [-0.05, 0) is 11.8 Å². The first-order chi connectivity index (χ1) is 8.96. The van der Waals surface area contributed by atoms with Crippen molar-refractivity contribution < 1.29 is 8.78 Å². The molecular weight excluding hydrogens is 248 g/mol. The number of nitrogens with zero attached hydrogens (tertiary/aromatic N) is 2. The third-order valence-electron chi connectivity index (χ3n) is 3.30. The molecule has 0 aliphatic heterocycles.